The summed E-state index contributed by atoms with van der Waals surface area (Å²) in [5.41, 5.74) is 0.903. The molecule has 0 fully saturated rings. The van der Waals surface area contributed by atoms with Gasteiger partial charge in [-0.2, -0.15) is 0 Å². The molecule has 1 aromatic rings. The van der Waals surface area contributed by atoms with Gasteiger partial charge in [-0.25, -0.2) is 9.59 Å². The maximum atomic E-state index is 11.8. The Balaban J connectivity index is 2.35. The Hall–Kier alpha value is -2.28. The highest BCUT2D eigenvalue weighted by Crippen LogP contribution is 2.18. The van der Waals surface area contributed by atoms with E-state index in [-0.39, 0.29) is 25.8 Å². The van der Waals surface area contributed by atoms with Crippen LogP contribution in [0.15, 0.2) is 24.3 Å². The Kier molecular flexibility index (Phi) is 7.03. The van der Waals surface area contributed by atoms with Crippen molar-refractivity contribution >= 4 is 12.0 Å². The summed E-state index contributed by atoms with van der Waals surface area (Å²) in [7, 11) is 3.25. The third-order valence-corrected chi connectivity index (χ3v) is 2.69. The van der Waals surface area contributed by atoms with Crippen LogP contribution in [-0.4, -0.2) is 55.9 Å². The van der Waals surface area contributed by atoms with Crippen LogP contribution in [0.1, 0.15) is 5.56 Å². The number of carboxylic acids is 1. The number of ether oxygens (including phenoxy) is 2. The van der Waals surface area contributed by atoms with E-state index < -0.39 is 5.97 Å². The van der Waals surface area contributed by atoms with Crippen molar-refractivity contribution in [2.45, 2.75) is 6.54 Å². The first-order valence-electron chi connectivity index (χ1n) is 6.45. The molecule has 0 saturated heterocycles. The number of aliphatic carboxylic acids is 1. The van der Waals surface area contributed by atoms with E-state index in [0.29, 0.717) is 6.54 Å². The third-order valence-electron chi connectivity index (χ3n) is 2.69. The van der Waals surface area contributed by atoms with Crippen molar-refractivity contribution in [3.63, 3.8) is 0 Å². The van der Waals surface area contributed by atoms with Gasteiger partial charge < -0.3 is 24.8 Å². The zero-order valence-corrected chi connectivity index (χ0v) is 12.2. The molecule has 0 radical (unpaired) electrons. The molecule has 0 aliphatic heterocycles. The molecule has 0 unspecified atom stereocenters. The number of hydrogen-bond acceptors (Lipinski definition) is 4. The summed E-state index contributed by atoms with van der Waals surface area (Å²) in [6.45, 7) is 0.446. The molecule has 0 atom stereocenters. The first-order valence-corrected chi connectivity index (χ1v) is 6.45. The monoisotopic (exact) mass is 296 g/mol. The topological polar surface area (TPSA) is 88.1 Å². The summed E-state index contributed by atoms with van der Waals surface area (Å²) in [6, 6.07) is 7.20. The summed E-state index contributed by atoms with van der Waals surface area (Å²) >= 11 is 0. The van der Waals surface area contributed by atoms with Gasteiger partial charge in [0.1, 0.15) is 12.4 Å². The lowest BCUT2D eigenvalue weighted by Crippen LogP contribution is -2.38. The highest BCUT2D eigenvalue weighted by atomic mass is 16.5. The van der Waals surface area contributed by atoms with Gasteiger partial charge >= 0.3 is 12.0 Å². The van der Waals surface area contributed by atoms with Crippen molar-refractivity contribution < 1.29 is 24.2 Å². The van der Waals surface area contributed by atoms with Crippen LogP contribution < -0.4 is 10.1 Å². The van der Waals surface area contributed by atoms with Gasteiger partial charge in [0.2, 0.25) is 0 Å². The normalized spacial score (nSPS) is 10.0. The highest BCUT2D eigenvalue weighted by Gasteiger charge is 2.11. The van der Waals surface area contributed by atoms with Crippen molar-refractivity contribution in [3.05, 3.63) is 29.8 Å². The molecule has 0 aliphatic carbocycles. The second-order valence-electron chi connectivity index (χ2n) is 4.35. The largest absolute Gasteiger partial charge is 0.496 e. The number of hydrogen-bond donors (Lipinski definition) is 2. The number of urea groups is 1. The number of rotatable bonds is 8. The predicted octanol–water partition coefficient (Wildman–Crippen LogP) is 0.938. The van der Waals surface area contributed by atoms with Crippen molar-refractivity contribution in [1.82, 2.24) is 10.2 Å². The van der Waals surface area contributed by atoms with E-state index in [1.54, 1.807) is 14.2 Å². The number of carboxylic acid groups (broad SMARTS) is 1. The second-order valence-corrected chi connectivity index (χ2v) is 4.35. The zero-order chi connectivity index (χ0) is 15.7. The summed E-state index contributed by atoms with van der Waals surface area (Å²) < 4.78 is 10.1. The van der Waals surface area contributed by atoms with Crippen LogP contribution in [0, 0.1) is 0 Å². The molecule has 21 heavy (non-hydrogen) atoms. The number of benzene rings is 1. The minimum absolute atomic E-state index is 0.153. The lowest BCUT2D eigenvalue weighted by Gasteiger charge is -2.19. The molecule has 1 rings (SSSR count). The van der Waals surface area contributed by atoms with Gasteiger partial charge in [-0.05, 0) is 6.07 Å². The van der Waals surface area contributed by atoms with Crippen LogP contribution in [0.3, 0.4) is 0 Å². The summed E-state index contributed by atoms with van der Waals surface area (Å²) in [4.78, 5) is 23.6. The Bertz CT molecular complexity index is 478. The minimum atomic E-state index is -1.03. The molecule has 2 amide bonds. The third kappa shape index (κ3) is 6.13. The van der Waals surface area contributed by atoms with Crippen molar-refractivity contribution in [1.29, 1.82) is 0 Å². The average molecular weight is 296 g/mol. The zero-order valence-electron chi connectivity index (χ0n) is 12.2. The molecule has 0 aromatic heterocycles. The molecular weight excluding hydrogens is 276 g/mol. The standard InChI is InChI=1S/C14H20N2O5/c1-16(9-11-5-3-4-6-12(11)20-2)14(19)15-7-8-21-10-13(17)18/h3-6H,7-10H2,1-2H3,(H,15,19)(H,17,18). The Morgan fingerprint density at radius 2 is 2.05 bits per heavy atom. The summed E-state index contributed by atoms with van der Waals surface area (Å²) in [5.74, 6) is -0.309. The van der Waals surface area contributed by atoms with Crippen molar-refractivity contribution in [2.24, 2.45) is 0 Å². The number of nitrogens with one attached hydrogen (secondary N) is 1. The fourth-order valence-corrected chi connectivity index (χ4v) is 1.69. The second kappa shape index (κ2) is 8.80. The molecule has 1 aromatic carbocycles. The van der Waals surface area contributed by atoms with Gasteiger partial charge in [0.05, 0.1) is 20.3 Å². The maximum Gasteiger partial charge on any atom is 0.329 e. The molecular formula is C14H20N2O5. The van der Waals surface area contributed by atoms with Crippen molar-refractivity contribution in [2.75, 3.05) is 33.9 Å². The van der Waals surface area contributed by atoms with Gasteiger partial charge in [0.15, 0.2) is 0 Å². The molecule has 7 nitrogen and oxygen atoms in total. The van der Waals surface area contributed by atoms with E-state index in [2.05, 4.69) is 5.32 Å². The highest BCUT2D eigenvalue weighted by molar-refractivity contribution is 5.73. The number of nitrogens with zero attached hydrogens (tertiary/aromatic N) is 1. The Morgan fingerprint density at radius 3 is 2.71 bits per heavy atom. The summed E-state index contributed by atoms with van der Waals surface area (Å²) in [5, 5.41) is 11.0. The van der Waals surface area contributed by atoms with E-state index in [9.17, 15) is 9.59 Å². The fourth-order valence-electron chi connectivity index (χ4n) is 1.69. The van der Waals surface area contributed by atoms with Crippen molar-refractivity contribution in [3.8, 4) is 5.75 Å². The van der Waals surface area contributed by atoms with Gasteiger partial charge in [0, 0.05) is 19.2 Å². The smallest absolute Gasteiger partial charge is 0.329 e. The number of amides is 2. The summed E-state index contributed by atoms with van der Waals surface area (Å²) in [6.07, 6.45) is 0. The van der Waals surface area contributed by atoms with Crippen LogP contribution in [0.25, 0.3) is 0 Å². The first kappa shape index (κ1) is 16.8. The van der Waals surface area contributed by atoms with Gasteiger partial charge in [0.25, 0.3) is 0 Å². The van der Waals surface area contributed by atoms with Crippen LogP contribution >= 0.6 is 0 Å². The van der Waals surface area contributed by atoms with Crippen LogP contribution in [0.4, 0.5) is 4.79 Å². The molecule has 0 aliphatic rings. The molecule has 2 N–H and O–H groups in total. The molecule has 0 spiro atoms. The molecule has 7 heteroatoms. The minimum Gasteiger partial charge on any atom is -0.496 e. The fraction of sp³-hybridized carbons (Fsp3) is 0.429. The maximum absolute atomic E-state index is 11.8. The Labute approximate surface area is 123 Å². The lowest BCUT2D eigenvalue weighted by molar-refractivity contribution is -0.142. The lowest BCUT2D eigenvalue weighted by atomic mass is 10.2. The predicted molar refractivity (Wildman–Crippen MR) is 76.3 cm³/mol. The van der Waals surface area contributed by atoms with Gasteiger partial charge in [-0.15, -0.1) is 0 Å². The number of para-hydroxylation sites is 1. The van der Waals surface area contributed by atoms with Crippen LogP contribution in [0.5, 0.6) is 5.75 Å². The average Bonchev–Trinajstić information content (AvgIpc) is 2.46. The SMILES string of the molecule is COc1ccccc1CN(C)C(=O)NCCOCC(=O)O. The van der Waals surface area contributed by atoms with E-state index in [1.807, 2.05) is 24.3 Å². The van der Waals surface area contributed by atoms with Gasteiger partial charge in [-0.3, -0.25) is 0 Å². The van der Waals surface area contributed by atoms with Crippen LogP contribution in [-0.2, 0) is 16.1 Å². The molecule has 116 valence electrons. The quantitative estimate of drug-likeness (QED) is 0.697. The molecule has 0 bridgehead atoms. The number of carbonyl (C=O) groups excluding carboxylic acids is 1. The molecule has 0 saturated carbocycles. The number of methoxy groups -OCH3 is 1. The Morgan fingerprint density at radius 1 is 1.33 bits per heavy atom. The van der Waals surface area contributed by atoms with Gasteiger partial charge in [-0.1, -0.05) is 18.2 Å². The first-order chi connectivity index (χ1) is 10.0. The van der Waals surface area contributed by atoms with E-state index in [4.69, 9.17) is 14.6 Å². The van der Waals surface area contributed by atoms with E-state index in [0.717, 1.165) is 11.3 Å². The molecule has 0 heterocycles. The number of carbonyl (C=O) groups is 2. The van der Waals surface area contributed by atoms with Crippen LogP contribution in [0.2, 0.25) is 0 Å². The van der Waals surface area contributed by atoms with E-state index in [1.165, 1.54) is 4.90 Å². The van der Waals surface area contributed by atoms with E-state index >= 15 is 0 Å².